The van der Waals surface area contributed by atoms with Gasteiger partial charge in [-0.3, -0.25) is 0 Å². The zero-order valence-corrected chi connectivity index (χ0v) is 15.1. The number of hydrogen-bond acceptors (Lipinski definition) is 5. The molecule has 1 aromatic heterocycles. The summed E-state index contributed by atoms with van der Waals surface area (Å²) in [5.41, 5.74) is 0.980. The minimum absolute atomic E-state index is 0.177. The molecule has 0 unspecified atom stereocenters. The first-order chi connectivity index (χ1) is 11.6. The molecule has 5 heteroatoms. The molecule has 1 heterocycles. The maximum Gasteiger partial charge on any atom is 0.135 e. The molecule has 0 saturated heterocycles. The molecule has 0 aliphatic carbocycles. The van der Waals surface area contributed by atoms with E-state index in [2.05, 4.69) is 34.0 Å². The molecule has 0 atom stereocenters. The van der Waals surface area contributed by atoms with Gasteiger partial charge in [0, 0.05) is 24.8 Å². The molecule has 0 saturated carbocycles. The lowest BCUT2D eigenvalue weighted by Crippen LogP contribution is -2.25. The quantitative estimate of drug-likeness (QED) is 0.727. The van der Waals surface area contributed by atoms with Gasteiger partial charge >= 0.3 is 0 Å². The van der Waals surface area contributed by atoms with Crippen LogP contribution in [-0.4, -0.2) is 29.2 Å². The lowest BCUT2D eigenvalue weighted by Gasteiger charge is -2.22. The Morgan fingerprint density at radius 3 is 2.29 bits per heavy atom. The van der Waals surface area contributed by atoms with Crippen molar-refractivity contribution in [2.75, 3.05) is 23.3 Å². The lowest BCUT2D eigenvalue weighted by molar-refractivity contribution is 0.242. The van der Waals surface area contributed by atoms with E-state index < -0.39 is 0 Å². The van der Waals surface area contributed by atoms with Gasteiger partial charge in [-0.1, -0.05) is 13.8 Å². The number of hydrogen-bond donors (Lipinski definition) is 1. The fraction of sp³-hybridized carbons (Fsp3) is 0.474. The van der Waals surface area contributed by atoms with Crippen LogP contribution in [0.4, 0.5) is 17.3 Å². The van der Waals surface area contributed by atoms with Crippen LogP contribution in [0.2, 0.25) is 0 Å². The predicted molar refractivity (Wildman–Crippen MR) is 100 cm³/mol. The summed E-state index contributed by atoms with van der Waals surface area (Å²) in [6.07, 6.45) is 4.00. The summed E-state index contributed by atoms with van der Waals surface area (Å²) in [4.78, 5) is 11.0. The van der Waals surface area contributed by atoms with Crippen molar-refractivity contribution in [3.8, 4) is 5.75 Å². The molecule has 0 bridgehead atoms. The number of ether oxygens (including phenoxy) is 1. The van der Waals surface area contributed by atoms with Gasteiger partial charge in [-0.2, -0.15) is 0 Å². The van der Waals surface area contributed by atoms with Crippen molar-refractivity contribution in [2.24, 2.45) is 0 Å². The van der Waals surface area contributed by atoms with E-state index in [1.165, 1.54) is 0 Å². The number of anilines is 3. The molecule has 0 spiro atoms. The monoisotopic (exact) mass is 328 g/mol. The third kappa shape index (κ3) is 5.41. The third-order valence-corrected chi connectivity index (χ3v) is 3.46. The Balaban J connectivity index is 2.08. The molecule has 2 aromatic rings. The minimum atomic E-state index is 0.177. The maximum absolute atomic E-state index is 5.66. The van der Waals surface area contributed by atoms with Crippen molar-refractivity contribution in [1.82, 2.24) is 9.97 Å². The summed E-state index contributed by atoms with van der Waals surface area (Å²) in [5, 5.41) is 3.33. The van der Waals surface area contributed by atoms with Gasteiger partial charge in [0.1, 0.15) is 23.7 Å². The van der Waals surface area contributed by atoms with E-state index in [0.717, 1.165) is 49.0 Å². The first kappa shape index (κ1) is 18.0. The lowest BCUT2D eigenvalue weighted by atomic mass is 10.3. The van der Waals surface area contributed by atoms with Gasteiger partial charge in [0.05, 0.1) is 6.10 Å². The number of nitrogens with zero attached hydrogens (tertiary/aromatic N) is 3. The number of benzene rings is 1. The maximum atomic E-state index is 5.66. The van der Waals surface area contributed by atoms with Gasteiger partial charge in [0.15, 0.2) is 0 Å². The smallest absolute Gasteiger partial charge is 0.135 e. The van der Waals surface area contributed by atoms with Gasteiger partial charge in [-0.25, -0.2) is 9.97 Å². The van der Waals surface area contributed by atoms with Crippen molar-refractivity contribution in [2.45, 2.75) is 46.6 Å². The molecule has 0 radical (unpaired) electrons. The van der Waals surface area contributed by atoms with Gasteiger partial charge in [0.2, 0.25) is 0 Å². The van der Waals surface area contributed by atoms with Crippen molar-refractivity contribution in [1.29, 1.82) is 0 Å². The highest BCUT2D eigenvalue weighted by atomic mass is 16.5. The van der Waals surface area contributed by atoms with Crippen molar-refractivity contribution < 1.29 is 4.74 Å². The normalized spacial score (nSPS) is 10.7. The van der Waals surface area contributed by atoms with Crippen LogP contribution >= 0.6 is 0 Å². The van der Waals surface area contributed by atoms with Crippen LogP contribution in [0.3, 0.4) is 0 Å². The van der Waals surface area contributed by atoms with Crippen LogP contribution < -0.4 is 15.0 Å². The molecule has 1 aromatic carbocycles. The standard InChI is InChI=1S/C19H28N4O/c1-5-11-23(12-6-2)19-13-18(20-14-21-19)22-16-7-9-17(10-8-16)24-15(3)4/h7-10,13-15H,5-6,11-12H2,1-4H3,(H,20,21,22). The van der Waals surface area contributed by atoms with Crippen LogP contribution in [0.5, 0.6) is 5.75 Å². The molecule has 130 valence electrons. The Morgan fingerprint density at radius 1 is 1.04 bits per heavy atom. The second kappa shape index (κ2) is 9.11. The summed E-state index contributed by atoms with van der Waals surface area (Å²) in [5.74, 6) is 2.64. The van der Waals surface area contributed by atoms with E-state index in [0.29, 0.717) is 0 Å². The molecular weight excluding hydrogens is 300 g/mol. The first-order valence-corrected chi connectivity index (χ1v) is 8.73. The van der Waals surface area contributed by atoms with Crippen molar-refractivity contribution >= 4 is 17.3 Å². The largest absolute Gasteiger partial charge is 0.491 e. The number of aromatic nitrogens is 2. The predicted octanol–water partition coefficient (Wildman–Crippen LogP) is 4.63. The average molecular weight is 328 g/mol. The Labute approximate surface area is 145 Å². The van der Waals surface area contributed by atoms with Crippen LogP contribution in [0, 0.1) is 0 Å². The molecule has 1 N–H and O–H groups in total. The minimum Gasteiger partial charge on any atom is -0.491 e. The molecular formula is C19H28N4O. The van der Waals surface area contributed by atoms with Crippen LogP contribution in [0.15, 0.2) is 36.7 Å². The number of nitrogens with one attached hydrogen (secondary N) is 1. The van der Waals surface area contributed by atoms with E-state index in [1.54, 1.807) is 6.33 Å². The van der Waals surface area contributed by atoms with E-state index >= 15 is 0 Å². The van der Waals surface area contributed by atoms with Crippen LogP contribution in [0.25, 0.3) is 0 Å². The second-order valence-electron chi connectivity index (χ2n) is 6.06. The van der Waals surface area contributed by atoms with Gasteiger partial charge in [0.25, 0.3) is 0 Å². The van der Waals surface area contributed by atoms with E-state index in [1.807, 2.05) is 44.2 Å². The summed E-state index contributed by atoms with van der Waals surface area (Å²) in [6, 6.07) is 9.92. The highest BCUT2D eigenvalue weighted by Crippen LogP contribution is 2.21. The molecule has 0 fully saturated rings. The van der Waals surface area contributed by atoms with Gasteiger partial charge < -0.3 is 15.0 Å². The SMILES string of the molecule is CCCN(CCC)c1cc(Nc2ccc(OC(C)C)cc2)ncn1. The highest BCUT2D eigenvalue weighted by molar-refractivity contribution is 5.60. The molecule has 5 nitrogen and oxygen atoms in total. The summed E-state index contributed by atoms with van der Waals surface area (Å²) in [7, 11) is 0. The average Bonchev–Trinajstić information content (AvgIpc) is 2.56. The fourth-order valence-electron chi connectivity index (χ4n) is 2.51. The first-order valence-electron chi connectivity index (χ1n) is 8.73. The second-order valence-corrected chi connectivity index (χ2v) is 6.06. The van der Waals surface area contributed by atoms with Crippen molar-refractivity contribution in [3.63, 3.8) is 0 Å². The summed E-state index contributed by atoms with van der Waals surface area (Å²) in [6.45, 7) is 10.4. The molecule has 24 heavy (non-hydrogen) atoms. The Bertz CT molecular complexity index is 607. The van der Waals surface area contributed by atoms with E-state index in [9.17, 15) is 0 Å². The fourth-order valence-corrected chi connectivity index (χ4v) is 2.51. The van der Waals surface area contributed by atoms with E-state index in [4.69, 9.17) is 4.74 Å². The third-order valence-electron chi connectivity index (χ3n) is 3.46. The summed E-state index contributed by atoms with van der Waals surface area (Å²) < 4.78 is 5.66. The molecule has 0 amide bonds. The van der Waals surface area contributed by atoms with Crippen molar-refractivity contribution in [3.05, 3.63) is 36.7 Å². The molecule has 0 aliphatic heterocycles. The van der Waals surface area contributed by atoms with E-state index in [-0.39, 0.29) is 6.10 Å². The number of rotatable bonds is 9. The zero-order chi connectivity index (χ0) is 17.4. The summed E-state index contributed by atoms with van der Waals surface area (Å²) >= 11 is 0. The van der Waals surface area contributed by atoms with Crippen LogP contribution in [0.1, 0.15) is 40.5 Å². The molecule has 0 aliphatic rings. The van der Waals surface area contributed by atoms with Gasteiger partial charge in [-0.05, 0) is 51.0 Å². The Hall–Kier alpha value is -2.30. The molecule has 2 rings (SSSR count). The Morgan fingerprint density at radius 2 is 1.71 bits per heavy atom. The van der Waals surface area contributed by atoms with Crippen LogP contribution in [-0.2, 0) is 0 Å². The highest BCUT2D eigenvalue weighted by Gasteiger charge is 2.08. The van der Waals surface area contributed by atoms with Gasteiger partial charge in [-0.15, -0.1) is 0 Å². The Kier molecular flexibility index (Phi) is 6.85. The zero-order valence-electron chi connectivity index (χ0n) is 15.1. The topological polar surface area (TPSA) is 50.3 Å².